The van der Waals surface area contributed by atoms with E-state index in [0.717, 1.165) is 24.1 Å². The maximum atomic E-state index is 12.1. The molecule has 0 atom stereocenters. The van der Waals surface area contributed by atoms with Crippen molar-refractivity contribution in [2.75, 3.05) is 22.3 Å². The van der Waals surface area contributed by atoms with Crippen LogP contribution in [0.5, 0.6) is 0 Å². The highest BCUT2D eigenvalue weighted by molar-refractivity contribution is 8.00. The summed E-state index contributed by atoms with van der Waals surface area (Å²) in [5.41, 5.74) is 7.57. The molecule has 0 saturated heterocycles. The van der Waals surface area contributed by atoms with E-state index in [1.165, 1.54) is 16.5 Å². The fraction of sp³-hybridized carbons (Fsp3) is 0.120. The van der Waals surface area contributed by atoms with E-state index in [-0.39, 0.29) is 21.9 Å². The van der Waals surface area contributed by atoms with Gasteiger partial charge in [-0.2, -0.15) is 19.5 Å². The monoisotopic (exact) mass is 577 g/mol. The molecule has 4 aromatic heterocycles. The molecule has 0 aliphatic carbocycles. The molecule has 0 unspecified atom stereocenters. The molecule has 15 heteroatoms. The van der Waals surface area contributed by atoms with Crippen LogP contribution in [-0.4, -0.2) is 36.1 Å². The van der Waals surface area contributed by atoms with E-state index in [1.807, 2.05) is 24.3 Å². The fourth-order valence-corrected chi connectivity index (χ4v) is 4.97. The lowest BCUT2D eigenvalue weighted by molar-refractivity contribution is 0.528. The first kappa shape index (κ1) is 25.5. The second kappa shape index (κ2) is 10.7. The van der Waals surface area contributed by atoms with Crippen LogP contribution in [0.25, 0.3) is 28.3 Å². The third-order valence-electron chi connectivity index (χ3n) is 5.81. The van der Waals surface area contributed by atoms with Gasteiger partial charge in [-0.25, -0.2) is 4.79 Å². The van der Waals surface area contributed by atoms with Crippen LogP contribution < -0.4 is 27.1 Å². The summed E-state index contributed by atoms with van der Waals surface area (Å²) in [6, 6.07) is 14.7. The SMILES string of the molecule is Nc1nc(NCCCc2ccc(NSc3cc(Cl)c4oc(=O)[nH]c(=O)c4c3)cc2)nc2nc(-c3ccco3)nn12. The Morgan fingerprint density at radius 1 is 1.10 bits per heavy atom. The molecule has 0 aliphatic heterocycles. The predicted molar refractivity (Wildman–Crippen MR) is 152 cm³/mol. The van der Waals surface area contributed by atoms with Crippen LogP contribution in [0, 0.1) is 0 Å². The first-order valence-electron chi connectivity index (χ1n) is 12.0. The quantitative estimate of drug-likeness (QED) is 0.143. The van der Waals surface area contributed by atoms with Gasteiger partial charge in [0.25, 0.3) is 11.3 Å². The normalized spacial score (nSPS) is 11.3. The fourth-order valence-electron chi connectivity index (χ4n) is 3.92. The lowest BCUT2D eigenvalue weighted by atomic mass is 10.1. The Labute approximate surface area is 233 Å². The topological polar surface area (TPSA) is 182 Å². The molecule has 0 saturated carbocycles. The van der Waals surface area contributed by atoms with Gasteiger partial charge in [-0.3, -0.25) is 9.78 Å². The Morgan fingerprint density at radius 3 is 2.75 bits per heavy atom. The molecule has 6 aromatic rings. The zero-order valence-electron chi connectivity index (χ0n) is 20.6. The first-order valence-corrected chi connectivity index (χ1v) is 13.2. The molecule has 0 bridgehead atoms. The van der Waals surface area contributed by atoms with E-state index in [0.29, 0.717) is 34.8 Å². The lowest BCUT2D eigenvalue weighted by Crippen LogP contribution is -2.18. The van der Waals surface area contributed by atoms with Crippen molar-refractivity contribution in [2.45, 2.75) is 17.7 Å². The maximum Gasteiger partial charge on any atom is 0.419 e. The van der Waals surface area contributed by atoms with Crippen LogP contribution in [0.2, 0.25) is 5.02 Å². The molecule has 2 aromatic carbocycles. The minimum atomic E-state index is -0.847. The Hall–Kier alpha value is -4.82. The molecule has 13 nitrogen and oxygen atoms in total. The highest BCUT2D eigenvalue weighted by atomic mass is 35.5. The summed E-state index contributed by atoms with van der Waals surface area (Å²) in [6.07, 6.45) is 3.21. The number of halogens is 1. The molecular weight excluding hydrogens is 558 g/mol. The van der Waals surface area contributed by atoms with Crippen molar-refractivity contribution >= 4 is 57.9 Å². The van der Waals surface area contributed by atoms with Crippen LogP contribution >= 0.6 is 23.5 Å². The molecule has 5 N–H and O–H groups in total. The molecule has 4 heterocycles. The van der Waals surface area contributed by atoms with Crippen molar-refractivity contribution in [1.82, 2.24) is 29.5 Å². The molecule has 6 rings (SSSR count). The third kappa shape index (κ3) is 5.34. The number of aryl methyl sites for hydroxylation is 1. The highest BCUT2D eigenvalue weighted by Crippen LogP contribution is 2.29. The third-order valence-corrected chi connectivity index (χ3v) is 6.90. The van der Waals surface area contributed by atoms with Crippen LogP contribution in [0.3, 0.4) is 0 Å². The summed E-state index contributed by atoms with van der Waals surface area (Å²) >= 11 is 7.49. The average Bonchev–Trinajstić information content (AvgIpc) is 3.62. The van der Waals surface area contributed by atoms with E-state index in [4.69, 9.17) is 26.2 Å². The number of hydrogen-bond acceptors (Lipinski definition) is 12. The van der Waals surface area contributed by atoms with E-state index >= 15 is 0 Å². The van der Waals surface area contributed by atoms with Crippen molar-refractivity contribution in [3.8, 4) is 11.6 Å². The number of nitrogen functional groups attached to an aromatic ring is 1. The largest absolute Gasteiger partial charge is 0.461 e. The van der Waals surface area contributed by atoms with E-state index in [1.54, 1.807) is 30.5 Å². The van der Waals surface area contributed by atoms with E-state index < -0.39 is 11.3 Å². The number of hydrogen-bond donors (Lipinski definition) is 4. The van der Waals surface area contributed by atoms with Gasteiger partial charge in [0.1, 0.15) is 0 Å². The van der Waals surface area contributed by atoms with Crippen molar-refractivity contribution in [1.29, 1.82) is 0 Å². The van der Waals surface area contributed by atoms with Crippen LogP contribution in [-0.2, 0) is 6.42 Å². The molecule has 202 valence electrons. The van der Waals surface area contributed by atoms with E-state index in [2.05, 4.69) is 35.1 Å². The second-order valence-electron chi connectivity index (χ2n) is 8.59. The Kier molecular flexibility index (Phi) is 6.84. The summed E-state index contributed by atoms with van der Waals surface area (Å²) in [7, 11) is 0. The van der Waals surface area contributed by atoms with Gasteiger partial charge >= 0.3 is 5.76 Å². The van der Waals surface area contributed by atoms with Gasteiger partial charge < -0.3 is 24.6 Å². The molecule has 0 radical (unpaired) electrons. The number of aromatic amines is 1. The van der Waals surface area contributed by atoms with Crippen molar-refractivity contribution in [2.24, 2.45) is 0 Å². The lowest BCUT2D eigenvalue weighted by Gasteiger charge is -2.09. The number of aromatic nitrogens is 6. The number of nitrogens with zero attached hydrogens (tertiary/aromatic N) is 5. The minimum absolute atomic E-state index is 0.0620. The molecule has 0 spiro atoms. The zero-order chi connectivity index (χ0) is 27.6. The van der Waals surface area contributed by atoms with Gasteiger partial charge in [0.15, 0.2) is 11.3 Å². The van der Waals surface area contributed by atoms with E-state index in [9.17, 15) is 9.59 Å². The summed E-state index contributed by atoms with van der Waals surface area (Å²) < 4.78 is 14.9. The van der Waals surface area contributed by atoms with Gasteiger partial charge in [0, 0.05) is 17.1 Å². The smallest absolute Gasteiger partial charge is 0.419 e. The summed E-state index contributed by atoms with van der Waals surface area (Å²) in [5.74, 6) is 0.920. The highest BCUT2D eigenvalue weighted by Gasteiger charge is 2.14. The number of benzene rings is 2. The van der Waals surface area contributed by atoms with Crippen molar-refractivity contribution < 1.29 is 8.83 Å². The Bertz CT molecular complexity index is 1940. The number of rotatable bonds is 9. The minimum Gasteiger partial charge on any atom is -0.461 e. The van der Waals surface area contributed by atoms with Gasteiger partial charge in [0.05, 0.1) is 16.7 Å². The second-order valence-corrected chi connectivity index (χ2v) is 9.87. The Morgan fingerprint density at radius 2 is 1.95 bits per heavy atom. The average molecular weight is 578 g/mol. The number of fused-ring (bicyclic) bond motifs is 2. The summed E-state index contributed by atoms with van der Waals surface area (Å²) in [6.45, 7) is 0.632. The van der Waals surface area contributed by atoms with Crippen LogP contribution in [0.15, 0.2) is 78.1 Å². The Balaban J connectivity index is 1.02. The zero-order valence-corrected chi connectivity index (χ0v) is 22.1. The molecule has 0 fully saturated rings. The molecular formula is C25H20ClN9O4S. The maximum absolute atomic E-state index is 12.1. The van der Waals surface area contributed by atoms with Gasteiger partial charge in [0.2, 0.25) is 17.7 Å². The molecule has 40 heavy (non-hydrogen) atoms. The number of nitrogens with one attached hydrogen (secondary N) is 3. The molecule has 0 amide bonds. The number of anilines is 3. The number of furan rings is 1. The van der Waals surface area contributed by atoms with Crippen LogP contribution in [0.1, 0.15) is 12.0 Å². The van der Waals surface area contributed by atoms with Crippen molar-refractivity contribution in [3.05, 3.63) is 86.3 Å². The summed E-state index contributed by atoms with van der Waals surface area (Å²) in [4.78, 5) is 39.3. The van der Waals surface area contributed by atoms with Gasteiger partial charge in [-0.15, -0.1) is 5.10 Å². The summed E-state index contributed by atoms with van der Waals surface area (Å²) in [5, 5.41) is 7.85. The van der Waals surface area contributed by atoms with Gasteiger partial charge in [-0.05, 0) is 66.8 Å². The standard InChI is InChI=1S/C25H20ClN9O4S/c26-17-12-15(11-16-19(17)39-25(37)30-21(16)36)40-34-14-7-5-13(6-8-14)3-1-9-28-23-31-22(27)35-24(32-23)29-20(33-35)18-4-2-10-38-18/h2,4-8,10-12,34H,1,3,9H2,(H,30,36,37)(H3,27,28,29,31,32,33). The van der Waals surface area contributed by atoms with Gasteiger partial charge in [-0.1, -0.05) is 23.7 Å². The number of H-pyrrole nitrogens is 1. The predicted octanol–water partition coefficient (Wildman–Crippen LogP) is 3.97. The molecule has 0 aliphatic rings. The number of nitrogens with two attached hydrogens (primary N) is 1. The van der Waals surface area contributed by atoms with Crippen LogP contribution in [0.4, 0.5) is 17.6 Å². The first-order chi connectivity index (χ1) is 19.4. The van der Waals surface area contributed by atoms with Crippen molar-refractivity contribution in [3.63, 3.8) is 0 Å².